The van der Waals surface area contributed by atoms with Crippen LogP contribution in [-0.4, -0.2) is 38.6 Å². The van der Waals surface area contributed by atoms with Crippen LogP contribution in [-0.2, 0) is 4.74 Å². The number of esters is 1. The van der Waals surface area contributed by atoms with Crippen LogP contribution >= 0.6 is 11.6 Å². The van der Waals surface area contributed by atoms with Crippen LogP contribution in [0.1, 0.15) is 50.4 Å². The Kier molecular flexibility index (Phi) is 5.80. The predicted molar refractivity (Wildman–Crippen MR) is 99.3 cm³/mol. The molecule has 0 saturated heterocycles. The zero-order valence-corrected chi connectivity index (χ0v) is 16.9. The first kappa shape index (κ1) is 21.4. The summed E-state index contributed by atoms with van der Waals surface area (Å²) in [5.74, 6) is -1.11. The van der Waals surface area contributed by atoms with Crippen LogP contribution in [0, 0.1) is 5.92 Å². The SMILES string of the molecule is CC(C)(C)OC(=O)c1ccc(-n2ccc(OC(C3CCC3)C(F)(F)F)n2)nc1Cl. The summed E-state index contributed by atoms with van der Waals surface area (Å²) in [5, 5.41) is 3.91. The second kappa shape index (κ2) is 7.85. The molecule has 0 bridgehead atoms. The van der Waals surface area contributed by atoms with Crippen molar-refractivity contribution in [3.8, 4) is 11.7 Å². The Morgan fingerprint density at radius 1 is 1.24 bits per heavy atom. The highest BCUT2D eigenvalue weighted by atomic mass is 35.5. The van der Waals surface area contributed by atoms with Crippen LogP contribution in [0.2, 0.25) is 5.15 Å². The summed E-state index contributed by atoms with van der Waals surface area (Å²) >= 11 is 6.09. The Labute approximate surface area is 171 Å². The molecule has 3 rings (SSSR count). The summed E-state index contributed by atoms with van der Waals surface area (Å²) in [6.45, 7) is 5.18. The monoisotopic (exact) mass is 431 g/mol. The predicted octanol–water partition coefficient (Wildman–Crippen LogP) is 4.99. The van der Waals surface area contributed by atoms with Gasteiger partial charge >= 0.3 is 12.1 Å². The number of ether oxygens (including phenoxy) is 2. The van der Waals surface area contributed by atoms with Crippen LogP contribution in [0.25, 0.3) is 5.82 Å². The third-order valence-electron chi connectivity index (χ3n) is 4.40. The lowest BCUT2D eigenvalue weighted by molar-refractivity contribution is -0.218. The lowest BCUT2D eigenvalue weighted by Gasteiger charge is -2.34. The molecule has 1 saturated carbocycles. The molecule has 10 heteroatoms. The maximum absolute atomic E-state index is 13.3. The van der Waals surface area contributed by atoms with E-state index in [1.165, 1.54) is 29.1 Å². The third kappa shape index (κ3) is 5.20. The van der Waals surface area contributed by atoms with Gasteiger partial charge in [0.15, 0.2) is 11.9 Å². The van der Waals surface area contributed by atoms with Gasteiger partial charge < -0.3 is 9.47 Å². The quantitative estimate of drug-likeness (QED) is 0.493. The molecule has 1 fully saturated rings. The first-order valence-electron chi connectivity index (χ1n) is 9.13. The third-order valence-corrected chi connectivity index (χ3v) is 4.69. The zero-order chi connectivity index (χ0) is 21.4. The second-order valence-electron chi connectivity index (χ2n) is 7.88. The molecule has 0 spiro atoms. The van der Waals surface area contributed by atoms with E-state index in [4.69, 9.17) is 21.1 Å². The number of pyridine rings is 1. The van der Waals surface area contributed by atoms with Gasteiger partial charge in [-0.2, -0.15) is 13.2 Å². The van der Waals surface area contributed by atoms with Crippen molar-refractivity contribution in [3.63, 3.8) is 0 Å². The number of rotatable bonds is 5. The average Bonchev–Trinajstić information content (AvgIpc) is 2.98. The molecule has 2 heterocycles. The van der Waals surface area contributed by atoms with Crippen LogP contribution < -0.4 is 4.74 Å². The zero-order valence-electron chi connectivity index (χ0n) is 16.2. The molecule has 1 unspecified atom stereocenters. The molecule has 0 aliphatic heterocycles. The van der Waals surface area contributed by atoms with E-state index in [9.17, 15) is 18.0 Å². The van der Waals surface area contributed by atoms with Gasteiger partial charge in [0.1, 0.15) is 10.8 Å². The Morgan fingerprint density at radius 3 is 2.45 bits per heavy atom. The van der Waals surface area contributed by atoms with E-state index in [2.05, 4.69) is 10.1 Å². The van der Waals surface area contributed by atoms with Gasteiger partial charge in [-0.1, -0.05) is 18.0 Å². The van der Waals surface area contributed by atoms with Crippen molar-refractivity contribution >= 4 is 17.6 Å². The second-order valence-corrected chi connectivity index (χ2v) is 8.24. The summed E-state index contributed by atoms with van der Waals surface area (Å²) < 4.78 is 51.4. The Bertz CT molecular complexity index is 889. The minimum Gasteiger partial charge on any atom is -0.463 e. The van der Waals surface area contributed by atoms with E-state index in [-0.39, 0.29) is 22.4 Å². The topological polar surface area (TPSA) is 66.2 Å². The molecule has 0 N–H and O–H groups in total. The molecular weight excluding hydrogens is 411 g/mol. The van der Waals surface area contributed by atoms with Gasteiger partial charge in [-0.25, -0.2) is 14.5 Å². The molecule has 158 valence electrons. The van der Waals surface area contributed by atoms with E-state index < -0.39 is 29.8 Å². The van der Waals surface area contributed by atoms with E-state index in [1.807, 2.05) is 0 Å². The molecule has 2 aromatic heterocycles. The highest BCUT2D eigenvalue weighted by molar-refractivity contribution is 6.32. The number of carbonyl (C=O) groups is 1. The van der Waals surface area contributed by atoms with Gasteiger partial charge in [-0.15, -0.1) is 5.10 Å². The summed E-state index contributed by atoms with van der Waals surface area (Å²) in [5.41, 5.74) is -0.612. The number of carbonyl (C=O) groups excluding carboxylic acids is 1. The lowest BCUT2D eigenvalue weighted by Crippen LogP contribution is -2.43. The van der Waals surface area contributed by atoms with Crippen molar-refractivity contribution < 1.29 is 27.4 Å². The standard InChI is InChI=1S/C19H21ClF3N3O3/c1-18(2,3)29-17(27)12-7-8-13(24-16(12)20)26-10-9-14(25-26)28-15(19(21,22)23)11-5-4-6-11/h7-11,15H,4-6H2,1-3H3. The van der Waals surface area contributed by atoms with E-state index in [1.54, 1.807) is 20.8 Å². The van der Waals surface area contributed by atoms with Crippen molar-refractivity contribution in [2.24, 2.45) is 5.92 Å². The maximum Gasteiger partial charge on any atom is 0.425 e. The van der Waals surface area contributed by atoms with Crippen LogP contribution in [0.15, 0.2) is 24.4 Å². The molecule has 1 aliphatic rings. The van der Waals surface area contributed by atoms with Crippen molar-refractivity contribution in [2.75, 3.05) is 0 Å². The number of nitrogens with zero attached hydrogens (tertiary/aromatic N) is 3. The maximum atomic E-state index is 13.3. The summed E-state index contributed by atoms with van der Waals surface area (Å²) in [4.78, 5) is 16.2. The normalized spacial score (nSPS) is 16.2. The van der Waals surface area contributed by atoms with Crippen molar-refractivity contribution in [3.05, 3.63) is 35.1 Å². The Hall–Kier alpha value is -2.29. The molecule has 0 radical (unpaired) electrons. The number of aromatic nitrogens is 3. The van der Waals surface area contributed by atoms with Crippen LogP contribution in [0.4, 0.5) is 13.2 Å². The molecule has 2 aromatic rings. The van der Waals surface area contributed by atoms with E-state index in [0.717, 1.165) is 6.42 Å². The van der Waals surface area contributed by atoms with Crippen molar-refractivity contribution in [1.29, 1.82) is 0 Å². The molecular formula is C19H21ClF3N3O3. The minimum atomic E-state index is -4.47. The largest absolute Gasteiger partial charge is 0.463 e. The summed E-state index contributed by atoms with van der Waals surface area (Å²) in [7, 11) is 0. The molecule has 0 aromatic carbocycles. The van der Waals surface area contributed by atoms with Gasteiger partial charge in [0.2, 0.25) is 5.88 Å². The Balaban J connectivity index is 1.76. The number of alkyl halides is 3. The van der Waals surface area contributed by atoms with E-state index >= 15 is 0 Å². The fourth-order valence-electron chi connectivity index (χ4n) is 2.84. The van der Waals surface area contributed by atoms with Gasteiger partial charge in [-0.05, 0) is 45.7 Å². The first-order chi connectivity index (χ1) is 13.4. The molecule has 29 heavy (non-hydrogen) atoms. The highest BCUT2D eigenvalue weighted by Crippen LogP contribution is 2.39. The first-order valence-corrected chi connectivity index (χ1v) is 9.51. The lowest BCUT2D eigenvalue weighted by atomic mass is 9.81. The molecule has 1 aliphatic carbocycles. The molecule has 0 amide bonds. The fourth-order valence-corrected chi connectivity index (χ4v) is 3.06. The number of halogens is 4. The number of hydrogen-bond acceptors (Lipinski definition) is 5. The van der Waals surface area contributed by atoms with Gasteiger partial charge in [0, 0.05) is 18.2 Å². The minimum absolute atomic E-state index is 0.0797. The van der Waals surface area contributed by atoms with Gasteiger partial charge in [0.05, 0.1) is 5.56 Å². The average molecular weight is 432 g/mol. The molecule has 1 atom stereocenters. The number of hydrogen-bond donors (Lipinski definition) is 0. The Morgan fingerprint density at radius 2 is 1.93 bits per heavy atom. The highest BCUT2D eigenvalue weighted by Gasteiger charge is 2.48. The van der Waals surface area contributed by atoms with Gasteiger partial charge in [-0.3, -0.25) is 0 Å². The van der Waals surface area contributed by atoms with Crippen LogP contribution in [0.3, 0.4) is 0 Å². The smallest absolute Gasteiger partial charge is 0.425 e. The fraction of sp³-hybridized carbons (Fsp3) is 0.526. The summed E-state index contributed by atoms with van der Waals surface area (Å²) in [6.07, 6.45) is -3.21. The van der Waals surface area contributed by atoms with Crippen molar-refractivity contribution in [2.45, 2.75) is 57.9 Å². The van der Waals surface area contributed by atoms with E-state index in [0.29, 0.717) is 12.8 Å². The van der Waals surface area contributed by atoms with Gasteiger partial charge in [0.25, 0.3) is 0 Å². The summed E-state index contributed by atoms with van der Waals surface area (Å²) in [6, 6.07) is 4.22. The van der Waals surface area contributed by atoms with Crippen LogP contribution in [0.5, 0.6) is 5.88 Å². The van der Waals surface area contributed by atoms with Crippen molar-refractivity contribution in [1.82, 2.24) is 14.8 Å². The molecule has 6 nitrogen and oxygen atoms in total.